The molecule has 16 heteroatoms. The van der Waals surface area contributed by atoms with E-state index in [1.807, 2.05) is 45.0 Å². The number of benzene rings is 3. The first kappa shape index (κ1) is 45.6. The molecule has 5 rings (SSSR count). The van der Waals surface area contributed by atoms with Crippen LogP contribution < -0.4 is 31.1 Å². The number of fused-ring (bicyclic) bond motifs is 1. The van der Waals surface area contributed by atoms with Gasteiger partial charge in [0.1, 0.15) is 23.9 Å². The molecule has 7 N–H and O–H groups in total. The summed E-state index contributed by atoms with van der Waals surface area (Å²) in [6.07, 6.45) is 4.33. The number of urea groups is 1. The third-order valence-electron chi connectivity index (χ3n) is 11.0. The third kappa shape index (κ3) is 13.0. The van der Waals surface area contributed by atoms with Crippen molar-refractivity contribution in [2.24, 2.45) is 5.41 Å². The molecule has 0 saturated heterocycles. The van der Waals surface area contributed by atoms with Gasteiger partial charge in [0, 0.05) is 37.4 Å². The van der Waals surface area contributed by atoms with Gasteiger partial charge in [-0.3, -0.25) is 19.2 Å². The summed E-state index contributed by atoms with van der Waals surface area (Å²) in [6, 6.07) is 16.1. The highest BCUT2D eigenvalue weighted by atomic mass is 16.4. The smallest absolute Gasteiger partial charge is 0.326 e. The number of phenolic OH excluding ortho intramolecular Hbond substituents is 1. The van der Waals surface area contributed by atoms with E-state index in [1.54, 1.807) is 24.3 Å². The van der Waals surface area contributed by atoms with E-state index in [0.29, 0.717) is 22.4 Å². The van der Waals surface area contributed by atoms with Gasteiger partial charge in [-0.25, -0.2) is 14.4 Å². The number of rotatable bonds is 17. The second-order valence-corrected chi connectivity index (χ2v) is 16.7. The number of phenols is 1. The standard InChI is InChI=1S/C45H56N6O10/c1-45(2,3)38(53)27-51-37-12-8-7-11-36(37)50(31-9-5-4-6-10-31)26-35(41(51)56)49-44(61)46-25-30-15-13-29(14-16-30)24-40(55)47-33(42(57)58)21-22-39(54)48-34(43(59)60)23-28-17-19-32(52)20-18-28/h7-8,11-20,31,33-35,52H,4-6,9-10,21-27H2,1-3H3,(H,47,55)(H,48,54)(H,57,58)(H,59,60)(H2,46,49,61)/t33-,34+,35-/m1/s1. The molecule has 326 valence electrons. The van der Waals surface area contributed by atoms with E-state index in [-0.39, 0.29) is 68.8 Å². The van der Waals surface area contributed by atoms with Crippen LogP contribution in [0, 0.1) is 5.41 Å². The predicted molar refractivity (Wildman–Crippen MR) is 227 cm³/mol. The highest BCUT2D eigenvalue weighted by Crippen LogP contribution is 2.37. The summed E-state index contributed by atoms with van der Waals surface area (Å²) in [6.45, 7) is 5.65. The van der Waals surface area contributed by atoms with Crippen molar-refractivity contribution in [2.45, 2.75) is 109 Å². The molecule has 5 amide bonds. The SMILES string of the molecule is CC(C)(C)C(=O)CN1C(=O)[C@H](NC(=O)NCc2ccc(CC(=O)N[C@H](CCC(=O)N[C@@H](Cc3ccc(O)cc3)C(=O)O)C(=O)O)cc2)CN(C2CCCCC2)c2ccccc21. The Labute approximate surface area is 355 Å². The monoisotopic (exact) mass is 840 g/mol. The normalized spacial score (nSPS) is 16.6. The molecule has 0 radical (unpaired) electrons. The Morgan fingerprint density at radius 3 is 1.97 bits per heavy atom. The number of carboxylic acids is 2. The lowest BCUT2D eigenvalue weighted by molar-refractivity contribution is -0.143. The molecule has 0 bridgehead atoms. The van der Waals surface area contributed by atoms with Crippen LogP contribution in [0.2, 0.25) is 0 Å². The summed E-state index contributed by atoms with van der Waals surface area (Å²) < 4.78 is 0. The molecule has 0 unspecified atom stereocenters. The number of carbonyl (C=O) groups is 7. The van der Waals surface area contributed by atoms with Crippen LogP contribution in [0.15, 0.2) is 72.8 Å². The van der Waals surface area contributed by atoms with Gasteiger partial charge < -0.3 is 46.4 Å². The number of Topliss-reactive ketones (excluding diaryl/α,β-unsaturated/α-hetero) is 1. The number of carboxylic acid groups (broad SMARTS) is 2. The van der Waals surface area contributed by atoms with E-state index in [4.69, 9.17) is 0 Å². The maximum atomic E-state index is 14.2. The summed E-state index contributed by atoms with van der Waals surface area (Å²) >= 11 is 0. The van der Waals surface area contributed by atoms with Gasteiger partial charge in [-0.1, -0.05) is 88.6 Å². The predicted octanol–water partition coefficient (Wildman–Crippen LogP) is 4.07. The van der Waals surface area contributed by atoms with Gasteiger partial charge in [0.15, 0.2) is 5.78 Å². The van der Waals surface area contributed by atoms with Crippen molar-refractivity contribution >= 4 is 52.8 Å². The van der Waals surface area contributed by atoms with Gasteiger partial charge in [0.2, 0.25) is 11.8 Å². The van der Waals surface area contributed by atoms with E-state index in [2.05, 4.69) is 26.2 Å². The summed E-state index contributed by atoms with van der Waals surface area (Å²) in [4.78, 5) is 93.7. The van der Waals surface area contributed by atoms with Gasteiger partial charge in [-0.05, 0) is 60.2 Å². The van der Waals surface area contributed by atoms with Crippen molar-refractivity contribution in [3.05, 3.63) is 89.5 Å². The van der Waals surface area contributed by atoms with Gasteiger partial charge in [0.25, 0.3) is 5.91 Å². The molecule has 1 fully saturated rings. The van der Waals surface area contributed by atoms with Gasteiger partial charge in [-0.15, -0.1) is 0 Å². The highest BCUT2D eigenvalue weighted by molar-refractivity contribution is 6.07. The van der Waals surface area contributed by atoms with Crippen LogP contribution in [0.3, 0.4) is 0 Å². The number of hydrogen-bond acceptors (Lipinski definition) is 9. The number of hydrogen-bond donors (Lipinski definition) is 7. The fourth-order valence-corrected chi connectivity index (χ4v) is 7.47. The lowest BCUT2D eigenvalue weighted by Gasteiger charge is -2.37. The molecular weight excluding hydrogens is 785 g/mol. The lowest BCUT2D eigenvalue weighted by atomic mass is 9.90. The molecule has 0 aromatic heterocycles. The first-order valence-electron chi connectivity index (χ1n) is 20.6. The number of carbonyl (C=O) groups excluding carboxylic acids is 5. The number of aliphatic carboxylic acids is 2. The first-order chi connectivity index (χ1) is 29.0. The van der Waals surface area contributed by atoms with E-state index >= 15 is 0 Å². The molecule has 16 nitrogen and oxygen atoms in total. The molecule has 1 aliphatic heterocycles. The lowest BCUT2D eigenvalue weighted by Crippen LogP contribution is -2.56. The zero-order chi connectivity index (χ0) is 44.3. The molecular formula is C45H56N6O10. The van der Waals surface area contributed by atoms with Crippen LogP contribution in [0.5, 0.6) is 5.75 Å². The Kier molecular flexibility index (Phi) is 15.5. The van der Waals surface area contributed by atoms with Crippen LogP contribution in [0.4, 0.5) is 16.2 Å². The highest BCUT2D eigenvalue weighted by Gasteiger charge is 2.39. The van der Waals surface area contributed by atoms with Crippen LogP contribution >= 0.6 is 0 Å². The minimum atomic E-state index is -1.41. The molecule has 3 aromatic rings. The summed E-state index contributed by atoms with van der Waals surface area (Å²) in [7, 11) is 0. The van der Waals surface area contributed by atoms with Gasteiger partial charge in [-0.2, -0.15) is 0 Å². The molecule has 1 saturated carbocycles. The molecule has 3 atom stereocenters. The maximum Gasteiger partial charge on any atom is 0.326 e. The number of anilines is 2. The molecule has 3 aromatic carbocycles. The second-order valence-electron chi connectivity index (χ2n) is 16.7. The average molecular weight is 841 g/mol. The second kappa shape index (κ2) is 20.7. The Morgan fingerprint density at radius 1 is 0.754 bits per heavy atom. The number of nitrogens with one attached hydrogen (secondary N) is 4. The van der Waals surface area contributed by atoms with Crippen molar-refractivity contribution in [3.63, 3.8) is 0 Å². The third-order valence-corrected chi connectivity index (χ3v) is 11.0. The van der Waals surface area contributed by atoms with Gasteiger partial charge in [0.05, 0.1) is 24.3 Å². The fraction of sp³-hybridized carbons (Fsp3) is 0.444. The molecule has 1 heterocycles. The minimum Gasteiger partial charge on any atom is -0.508 e. The first-order valence-corrected chi connectivity index (χ1v) is 20.6. The number of amides is 5. The van der Waals surface area contributed by atoms with Crippen molar-refractivity contribution in [3.8, 4) is 5.75 Å². The van der Waals surface area contributed by atoms with Crippen molar-refractivity contribution < 1.29 is 48.9 Å². The van der Waals surface area contributed by atoms with Crippen LogP contribution in [-0.2, 0) is 48.2 Å². The summed E-state index contributed by atoms with van der Waals surface area (Å²) in [5, 5.41) is 39.2. The largest absolute Gasteiger partial charge is 0.508 e. The van der Waals surface area contributed by atoms with Crippen molar-refractivity contribution in [2.75, 3.05) is 22.9 Å². The quantitative estimate of drug-likeness (QED) is 0.102. The number of ketones is 1. The zero-order valence-electron chi connectivity index (χ0n) is 34.8. The Hall–Kier alpha value is -6.45. The summed E-state index contributed by atoms with van der Waals surface area (Å²) in [5.41, 5.74) is 2.63. The summed E-state index contributed by atoms with van der Waals surface area (Å²) in [5.74, 6) is -4.43. The van der Waals surface area contributed by atoms with E-state index in [9.17, 15) is 48.9 Å². The Bertz CT molecular complexity index is 2060. The van der Waals surface area contributed by atoms with Crippen LogP contribution in [0.25, 0.3) is 0 Å². The van der Waals surface area contributed by atoms with E-state index in [1.165, 1.54) is 29.2 Å². The zero-order valence-corrected chi connectivity index (χ0v) is 34.8. The minimum absolute atomic E-state index is 0.00640. The molecule has 2 aliphatic rings. The maximum absolute atomic E-state index is 14.2. The number of aromatic hydroxyl groups is 1. The number of nitrogens with zero attached hydrogens (tertiary/aromatic N) is 2. The van der Waals surface area contributed by atoms with E-state index < -0.39 is 53.3 Å². The van der Waals surface area contributed by atoms with E-state index in [0.717, 1.165) is 37.8 Å². The van der Waals surface area contributed by atoms with Crippen molar-refractivity contribution in [1.82, 2.24) is 21.3 Å². The van der Waals surface area contributed by atoms with Crippen LogP contribution in [-0.4, -0.2) is 94.1 Å². The topological polar surface area (TPSA) is 235 Å². The van der Waals surface area contributed by atoms with Crippen molar-refractivity contribution in [1.29, 1.82) is 0 Å². The Morgan fingerprint density at radius 2 is 1.34 bits per heavy atom. The van der Waals surface area contributed by atoms with Crippen LogP contribution in [0.1, 0.15) is 82.4 Å². The van der Waals surface area contributed by atoms with Gasteiger partial charge >= 0.3 is 18.0 Å². The molecule has 61 heavy (non-hydrogen) atoms. The average Bonchev–Trinajstić information content (AvgIpc) is 3.33. The number of para-hydroxylation sites is 2. The molecule has 0 spiro atoms. The fourth-order valence-electron chi connectivity index (χ4n) is 7.47. The Balaban J connectivity index is 1.14. The molecule has 1 aliphatic carbocycles.